The van der Waals surface area contributed by atoms with Crippen molar-refractivity contribution in [3.8, 4) is 0 Å². The Bertz CT molecular complexity index is 987. The molecule has 30 heavy (non-hydrogen) atoms. The maximum Gasteiger partial charge on any atom is 0.269 e. The average Bonchev–Trinajstić information content (AvgIpc) is 3.21. The highest BCUT2D eigenvalue weighted by Crippen LogP contribution is 2.20. The topological polar surface area (TPSA) is 102 Å². The SMILES string of the molecule is O=C(/C=C/c1ccc([N+](=O)[O-])cc1)N1CCN(C(=O)c2cnn3c2CCCC3)CC1. The smallest absolute Gasteiger partial charge is 0.269 e. The molecule has 2 aliphatic heterocycles. The molecule has 2 amide bonds. The summed E-state index contributed by atoms with van der Waals surface area (Å²) in [4.78, 5) is 39.1. The van der Waals surface area contributed by atoms with Crippen LogP contribution in [0.15, 0.2) is 36.5 Å². The quantitative estimate of drug-likeness (QED) is 0.437. The van der Waals surface area contributed by atoms with Crippen LogP contribution in [0.25, 0.3) is 6.08 Å². The summed E-state index contributed by atoms with van der Waals surface area (Å²) in [5, 5.41) is 15.0. The van der Waals surface area contributed by atoms with E-state index in [2.05, 4.69) is 5.10 Å². The van der Waals surface area contributed by atoms with Crippen LogP contribution < -0.4 is 0 Å². The largest absolute Gasteiger partial charge is 0.336 e. The van der Waals surface area contributed by atoms with Crippen molar-refractivity contribution in [2.24, 2.45) is 0 Å². The van der Waals surface area contributed by atoms with E-state index in [-0.39, 0.29) is 17.5 Å². The van der Waals surface area contributed by atoms with Crippen LogP contribution in [0.1, 0.15) is 34.5 Å². The van der Waals surface area contributed by atoms with Gasteiger partial charge in [0.1, 0.15) is 0 Å². The number of nitrogens with zero attached hydrogens (tertiary/aromatic N) is 5. The molecule has 1 fully saturated rings. The number of amides is 2. The van der Waals surface area contributed by atoms with Crippen molar-refractivity contribution in [2.75, 3.05) is 26.2 Å². The zero-order valence-electron chi connectivity index (χ0n) is 16.6. The molecule has 4 rings (SSSR count). The number of nitro groups is 1. The summed E-state index contributed by atoms with van der Waals surface area (Å²) >= 11 is 0. The first-order valence-electron chi connectivity index (χ1n) is 10.1. The van der Waals surface area contributed by atoms with Gasteiger partial charge in [-0.3, -0.25) is 24.4 Å². The van der Waals surface area contributed by atoms with Gasteiger partial charge in [0, 0.05) is 50.9 Å². The van der Waals surface area contributed by atoms with E-state index in [0.29, 0.717) is 37.3 Å². The summed E-state index contributed by atoms with van der Waals surface area (Å²) < 4.78 is 1.93. The van der Waals surface area contributed by atoms with E-state index >= 15 is 0 Å². The third-order valence-corrected chi connectivity index (χ3v) is 5.61. The monoisotopic (exact) mass is 409 g/mol. The lowest BCUT2D eigenvalue weighted by Gasteiger charge is -2.34. The molecule has 156 valence electrons. The van der Waals surface area contributed by atoms with Gasteiger partial charge in [-0.2, -0.15) is 5.10 Å². The van der Waals surface area contributed by atoms with Crippen molar-refractivity contribution in [3.05, 3.63) is 63.5 Å². The second-order valence-corrected chi connectivity index (χ2v) is 7.48. The summed E-state index contributed by atoms with van der Waals surface area (Å²) in [7, 11) is 0. The fourth-order valence-corrected chi connectivity index (χ4v) is 3.88. The predicted molar refractivity (Wildman–Crippen MR) is 110 cm³/mol. The zero-order chi connectivity index (χ0) is 21.1. The number of benzene rings is 1. The first-order chi connectivity index (χ1) is 14.5. The second-order valence-electron chi connectivity index (χ2n) is 7.48. The molecule has 0 aliphatic carbocycles. The minimum Gasteiger partial charge on any atom is -0.336 e. The highest BCUT2D eigenvalue weighted by atomic mass is 16.6. The van der Waals surface area contributed by atoms with Crippen molar-refractivity contribution >= 4 is 23.6 Å². The average molecular weight is 409 g/mol. The minimum atomic E-state index is -0.459. The molecule has 2 aromatic rings. The summed E-state index contributed by atoms with van der Waals surface area (Å²) in [6.45, 7) is 2.78. The van der Waals surface area contributed by atoms with Crippen LogP contribution in [0.5, 0.6) is 0 Å². The van der Waals surface area contributed by atoms with Crippen LogP contribution in [0.2, 0.25) is 0 Å². The van der Waals surface area contributed by atoms with E-state index in [9.17, 15) is 19.7 Å². The van der Waals surface area contributed by atoms with Crippen LogP contribution in [0, 0.1) is 10.1 Å². The second kappa shape index (κ2) is 8.48. The first-order valence-corrected chi connectivity index (χ1v) is 10.1. The number of aromatic nitrogens is 2. The van der Waals surface area contributed by atoms with Crippen LogP contribution in [-0.2, 0) is 17.8 Å². The van der Waals surface area contributed by atoms with Crippen LogP contribution >= 0.6 is 0 Å². The lowest BCUT2D eigenvalue weighted by atomic mass is 10.1. The molecule has 3 heterocycles. The molecular formula is C21H23N5O4. The van der Waals surface area contributed by atoms with Crippen molar-refractivity contribution in [3.63, 3.8) is 0 Å². The Morgan fingerprint density at radius 1 is 1.00 bits per heavy atom. The Balaban J connectivity index is 1.32. The molecule has 0 bridgehead atoms. The number of nitro benzene ring substituents is 1. The van der Waals surface area contributed by atoms with Crippen molar-refractivity contribution in [1.82, 2.24) is 19.6 Å². The highest BCUT2D eigenvalue weighted by molar-refractivity contribution is 5.96. The minimum absolute atomic E-state index is 0.00771. The highest BCUT2D eigenvalue weighted by Gasteiger charge is 2.27. The summed E-state index contributed by atoms with van der Waals surface area (Å²) in [6.07, 6.45) is 7.84. The first kappa shape index (κ1) is 19.8. The Morgan fingerprint density at radius 2 is 1.70 bits per heavy atom. The molecule has 1 aromatic heterocycles. The molecule has 0 saturated carbocycles. The standard InChI is InChI=1S/C21H23N5O4/c27-20(9-6-16-4-7-17(8-5-16)26(29)30)23-11-13-24(14-12-23)21(28)18-15-22-25-10-2-1-3-19(18)25/h4-9,15H,1-3,10-14H2/b9-6+. The Morgan fingerprint density at radius 3 is 2.40 bits per heavy atom. The fraction of sp³-hybridized carbons (Fsp3) is 0.381. The molecule has 2 aliphatic rings. The molecule has 0 spiro atoms. The van der Waals surface area contributed by atoms with E-state index in [0.717, 1.165) is 31.5 Å². The van der Waals surface area contributed by atoms with Gasteiger partial charge in [-0.1, -0.05) is 0 Å². The molecular weight excluding hydrogens is 386 g/mol. The zero-order valence-corrected chi connectivity index (χ0v) is 16.6. The molecule has 9 heteroatoms. The maximum absolute atomic E-state index is 12.9. The number of hydrogen-bond acceptors (Lipinski definition) is 5. The number of aryl methyl sites for hydroxylation is 1. The fourth-order valence-electron chi connectivity index (χ4n) is 3.88. The molecule has 0 atom stereocenters. The van der Waals surface area contributed by atoms with E-state index in [1.807, 2.05) is 4.68 Å². The van der Waals surface area contributed by atoms with E-state index in [1.165, 1.54) is 18.2 Å². The number of fused-ring (bicyclic) bond motifs is 1. The van der Waals surface area contributed by atoms with Gasteiger partial charge in [0.15, 0.2) is 0 Å². The van der Waals surface area contributed by atoms with Gasteiger partial charge in [-0.05, 0) is 43.0 Å². The van der Waals surface area contributed by atoms with Crippen molar-refractivity contribution in [2.45, 2.75) is 25.8 Å². The third kappa shape index (κ3) is 4.10. The Labute approximate surface area is 173 Å². The Kier molecular flexibility index (Phi) is 5.60. The van der Waals surface area contributed by atoms with Gasteiger partial charge < -0.3 is 9.80 Å². The third-order valence-electron chi connectivity index (χ3n) is 5.61. The summed E-state index contributed by atoms with van der Waals surface area (Å²) in [6, 6.07) is 6.02. The molecule has 0 radical (unpaired) electrons. The number of piperazine rings is 1. The van der Waals surface area contributed by atoms with E-state index < -0.39 is 4.92 Å². The predicted octanol–water partition coefficient (Wildman–Crippen LogP) is 2.13. The number of carbonyl (C=O) groups is 2. The van der Waals surface area contributed by atoms with Gasteiger partial charge >= 0.3 is 0 Å². The van der Waals surface area contributed by atoms with Crippen LogP contribution in [-0.4, -0.2) is 62.5 Å². The van der Waals surface area contributed by atoms with Gasteiger partial charge in [0.05, 0.1) is 22.4 Å². The lowest BCUT2D eigenvalue weighted by molar-refractivity contribution is -0.384. The van der Waals surface area contributed by atoms with E-state index in [1.54, 1.807) is 34.2 Å². The normalized spacial score (nSPS) is 16.5. The van der Waals surface area contributed by atoms with Gasteiger partial charge in [-0.25, -0.2) is 0 Å². The van der Waals surface area contributed by atoms with Crippen LogP contribution in [0.3, 0.4) is 0 Å². The number of rotatable bonds is 4. The van der Waals surface area contributed by atoms with Crippen LogP contribution in [0.4, 0.5) is 5.69 Å². The van der Waals surface area contributed by atoms with Gasteiger partial charge in [0.25, 0.3) is 11.6 Å². The molecule has 9 nitrogen and oxygen atoms in total. The molecule has 1 saturated heterocycles. The summed E-state index contributed by atoms with van der Waals surface area (Å²) in [5.74, 6) is -0.143. The van der Waals surface area contributed by atoms with Crippen molar-refractivity contribution < 1.29 is 14.5 Å². The molecule has 0 unspecified atom stereocenters. The molecule has 1 aromatic carbocycles. The molecule has 0 N–H and O–H groups in total. The Hall–Kier alpha value is -3.49. The van der Waals surface area contributed by atoms with Crippen molar-refractivity contribution in [1.29, 1.82) is 0 Å². The maximum atomic E-state index is 12.9. The number of carbonyl (C=O) groups excluding carboxylic acids is 2. The summed E-state index contributed by atoms with van der Waals surface area (Å²) in [5.41, 5.74) is 2.44. The van der Waals surface area contributed by atoms with Gasteiger partial charge in [-0.15, -0.1) is 0 Å². The number of hydrogen-bond donors (Lipinski definition) is 0. The lowest BCUT2D eigenvalue weighted by Crippen LogP contribution is -2.50. The number of non-ortho nitro benzene ring substituents is 1. The van der Waals surface area contributed by atoms with E-state index in [4.69, 9.17) is 0 Å². The van der Waals surface area contributed by atoms with Gasteiger partial charge in [0.2, 0.25) is 5.91 Å².